The van der Waals surface area contributed by atoms with Crippen molar-refractivity contribution in [3.63, 3.8) is 0 Å². The number of aryl methyl sites for hydroxylation is 2. The Kier molecular flexibility index (Phi) is 4.33. The number of hydrogen-bond donors (Lipinski definition) is 1. The molecule has 0 fully saturated rings. The van der Waals surface area contributed by atoms with Gasteiger partial charge in [0.25, 0.3) is 11.8 Å². The Labute approximate surface area is 138 Å². The van der Waals surface area contributed by atoms with Crippen LogP contribution in [0, 0.1) is 13.8 Å². The molecule has 0 bridgehead atoms. The Balaban J connectivity index is 1.72. The Morgan fingerprint density at radius 1 is 1.17 bits per heavy atom. The fraction of sp³-hybridized carbons (Fsp3) is 0.235. The maximum absolute atomic E-state index is 12.2. The molecule has 0 aliphatic carbocycles. The largest absolute Gasteiger partial charge is 0.494 e. The lowest BCUT2D eigenvalue weighted by atomic mass is 10.2. The highest BCUT2D eigenvalue weighted by Crippen LogP contribution is 2.26. The number of nitrogens with zero attached hydrogens (tertiary/aromatic N) is 2. The lowest BCUT2D eigenvalue weighted by molar-refractivity contribution is 0.102. The van der Waals surface area contributed by atoms with E-state index in [9.17, 15) is 4.79 Å². The number of carbonyl (C=O) groups is 1. The summed E-state index contributed by atoms with van der Waals surface area (Å²) in [6, 6.07) is 8.63. The van der Waals surface area contributed by atoms with Crippen LogP contribution in [0.4, 0.5) is 6.01 Å². The van der Waals surface area contributed by atoms with E-state index in [1.807, 2.05) is 20.8 Å². The highest BCUT2D eigenvalue weighted by Gasteiger charge is 2.16. The lowest BCUT2D eigenvalue weighted by Crippen LogP contribution is -2.12. The Hall–Kier alpha value is -3.09. The van der Waals surface area contributed by atoms with Gasteiger partial charge in [0.2, 0.25) is 0 Å². The van der Waals surface area contributed by atoms with Crippen LogP contribution in [0.3, 0.4) is 0 Å². The first-order valence-corrected chi connectivity index (χ1v) is 7.52. The molecule has 0 saturated heterocycles. The van der Waals surface area contributed by atoms with Crippen LogP contribution in [-0.2, 0) is 0 Å². The fourth-order valence-corrected chi connectivity index (χ4v) is 2.26. The van der Waals surface area contributed by atoms with Gasteiger partial charge in [0.1, 0.15) is 17.3 Å². The summed E-state index contributed by atoms with van der Waals surface area (Å²) < 4.78 is 16.3. The SMILES string of the molecule is CCOc1ccc(C(=O)Nc2nnc(-c3cc(C)oc3C)o2)cc1. The highest BCUT2D eigenvalue weighted by atomic mass is 16.5. The molecule has 3 aromatic rings. The van der Waals surface area contributed by atoms with Crippen molar-refractivity contribution in [2.45, 2.75) is 20.8 Å². The molecule has 2 aromatic heterocycles. The van der Waals surface area contributed by atoms with Gasteiger partial charge in [-0.25, -0.2) is 0 Å². The average molecular weight is 327 g/mol. The summed E-state index contributed by atoms with van der Waals surface area (Å²) >= 11 is 0. The molecular weight excluding hydrogens is 310 g/mol. The van der Waals surface area contributed by atoms with E-state index in [2.05, 4.69) is 15.5 Å². The molecule has 0 atom stereocenters. The zero-order valence-corrected chi connectivity index (χ0v) is 13.6. The minimum Gasteiger partial charge on any atom is -0.494 e. The van der Waals surface area contributed by atoms with Gasteiger partial charge >= 0.3 is 6.01 Å². The van der Waals surface area contributed by atoms with Gasteiger partial charge in [-0.3, -0.25) is 10.1 Å². The van der Waals surface area contributed by atoms with Crippen LogP contribution in [0.15, 0.2) is 39.2 Å². The Bertz CT molecular complexity index is 849. The van der Waals surface area contributed by atoms with Gasteiger partial charge in [-0.05, 0) is 51.1 Å². The fourth-order valence-electron chi connectivity index (χ4n) is 2.26. The monoisotopic (exact) mass is 327 g/mol. The predicted molar refractivity (Wildman–Crippen MR) is 87.0 cm³/mol. The van der Waals surface area contributed by atoms with Gasteiger partial charge in [-0.15, -0.1) is 5.10 Å². The Morgan fingerprint density at radius 2 is 1.92 bits per heavy atom. The number of anilines is 1. The van der Waals surface area contributed by atoms with Crippen LogP contribution in [0.25, 0.3) is 11.5 Å². The van der Waals surface area contributed by atoms with Crippen molar-refractivity contribution >= 4 is 11.9 Å². The lowest BCUT2D eigenvalue weighted by Gasteiger charge is -2.04. The summed E-state index contributed by atoms with van der Waals surface area (Å²) in [6.45, 7) is 6.12. The molecule has 0 aliphatic heterocycles. The second-order valence-electron chi connectivity index (χ2n) is 5.15. The van der Waals surface area contributed by atoms with E-state index in [1.54, 1.807) is 30.3 Å². The Morgan fingerprint density at radius 3 is 2.54 bits per heavy atom. The second-order valence-corrected chi connectivity index (χ2v) is 5.15. The molecule has 24 heavy (non-hydrogen) atoms. The number of rotatable bonds is 5. The van der Waals surface area contributed by atoms with Crippen molar-refractivity contribution in [2.75, 3.05) is 11.9 Å². The first-order valence-electron chi connectivity index (χ1n) is 7.52. The van der Waals surface area contributed by atoms with Crippen LogP contribution in [0.5, 0.6) is 5.75 Å². The van der Waals surface area contributed by atoms with Crippen molar-refractivity contribution < 1.29 is 18.4 Å². The molecule has 7 heteroatoms. The van der Waals surface area contributed by atoms with E-state index in [0.29, 0.717) is 35.1 Å². The van der Waals surface area contributed by atoms with Gasteiger partial charge in [0.05, 0.1) is 12.2 Å². The number of furan rings is 1. The first-order chi connectivity index (χ1) is 11.6. The molecule has 0 aliphatic rings. The predicted octanol–water partition coefficient (Wildman–Crippen LogP) is 3.60. The minimum absolute atomic E-state index is 0.0298. The van der Waals surface area contributed by atoms with E-state index in [1.165, 1.54) is 0 Å². The summed E-state index contributed by atoms with van der Waals surface area (Å²) in [4.78, 5) is 12.2. The standard InChI is InChI=1S/C17H17N3O4/c1-4-22-13-7-5-12(6-8-13)15(21)18-17-20-19-16(24-17)14-9-10(2)23-11(14)3/h5-9H,4H2,1-3H3,(H,18,20,21). The number of amides is 1. The van der Waals surface area contributed by atoms with Gasteiger partial charge < -0.3 is 13.6 Å². The van der Waals surface area contributed by atoms with Crippen molar-refractivity contribution in [3.05, 3.63) is 47.4 Å². The van der Waals surface area contributed by atoms with Crippen LogP contribution < -0.4 is 10.1 Å². The minimum atomic E-state index is -0.339. The number of nitrogens with one attached hydrogen (secondary N) is 1. The van der Waals surface area contributed by atoms with Crippen molar-refractivity contribution in [1.82, 2.24) is 10.2 Å². The number of hydrogen-bond acceptors (Lipinski definition) is 6. The molecule has 7 nitrogen and oxygen atoms in total. The smallest absolute Gasteiger partial charge is 0.322 e. The summed E-state index contributed by atoms with van der Waals surface area (Å²) in [6.07, 6.45) is 0. The van der Waals surface area contributed by atoms with E-state index in [0.717, 1.165) is 5.76 Å². The molecule has 1 amide bonds. The summed E-state index contributed by atoms with van der Waals surface area (Å²) in [5, 5.41) is 10.4. The van der Waals surface area contributed by atoms with E-state index < -0.39 is 0 Å². The number of aromatic nitrogens is 2. The summed E-state index contributed by atoms with van der Waals surface area (Å²) in [5.41, 5.74) is 1.18. The topological polar surface area (TPSA) is 90.4 Å². The molecule has 2 heterocycles. The average Bonchev–Trinajstić information content (AvgIpc) is 3.14. The third-order valence-electron chi connectivity index (χ3n) is 3.34. The molecule has 1 aromatic carbocycles. The molecule has 0 saturated carbocycles. The van der Waals surface area contributed by atoms with Gasteiger partial charge in [-0.2, -0.15) is 0 Å². The zero-order chi connectivity index (χ0) is 17.1. The van der Waals surface area contributed by atoms with Crippen LogP contribution >= 0.6 is 0 Å². The third kappa shape index (κ3) is 3.29. The maximum Gasteiger partial charge on any atom is 0.322 e. The van der Waals surface area contributed by atoms with Crippen molar-refractivity contribution in [2.24, 2.45) is 0 Å². The van der Waals surface area contributed by atoms with Crippen LogP contribution in [0.1, 0.15) is 28.8 Å². The molecule has 0 unspecified atom stereocenters. The number of ether oxygens (including phenoxy) is 1. The quantitative estimate of drug-likeness (QED) is 0.770. The second kappa shape index (κ2) is 6.57. The van der Waals surface area contributed by atoms with Gasteiger partial charge in [-0.1, -0.05) is 5.10 Å². The van der Waals surface area contributed by atoms with E-state index in [4.69, 9.17) is 13.6 Å². The van der Waals surface area contributed by atoms with Crippen LogP contribution in [-0.4, -0.2) is 22.7 Å². The molecule has 1 N–H and O–H groups in total. The third-order valence-corrected chi connectivity index (χ3v) is 3.34. The van der Waals surface area contributed by atoms with E-state index >= 15 is 0 Å². The number of benzene rings is 1. The van der Waals surface area contributed by atoms with Crippen LogP contribution in [0.2, 0.25) is 0 Å². The molecule has 124 valence electrons. The van der Waals surface area contributed by atoms with Gasteiger partial charge in [0, 0.05) is 5.56 Å². The van der Waals surface area contributed by atoms with Crippen molar-refractivity contribution in [3.8, 4) is 17.2 Å². The highest BCUT2D eigenvalue weighted by molar-refractivity contribution is 6.03. The maximum atomic E-state index is 12.2. The zero-order valence-electron chi connectivity index (χ0n) is 13.6. The first kappa shape index (κ1) is 15.8. The molecule has 0 spiro atoms. The number of carbonyl (C=O) groups excluding carboxylic acids is 1. The molecular formula is C17H17N3O4. The summed E-state index contributed by atoms with van der Waals surface area (Å²) in [7, 11) is 0. The van der Waals surface area contributed by atoms with Gasteiger partial charge in [0.15, 0.2) is 0 Å². The summed E-state index contributed by atoms with van der Waals surface area (Å²) in [5.74, 6) is 2.10. The van der Waals surface area contributed by atoms with E-state index in [-0.39, 0.29) is 11.9 Å². The normalized spacial score (nSPS) is 10.6. The molecule has 3 rings (SSSR count). The molecule has 0 radical (unpaired) electrons. The van der Waals surface area contributed by atoms with Crippen molar-refractivity contribution in [1.29, 1.82) is 0 Å².